The third kappa shape index (κ3) is 2.22. The van der Waals surface area contributed by atoms with Crippen molar-refractivity contribution >= 4 is 24.2 Å². The van der Waals surface area contributed by atoms with E-state index >= 15 is 0 Å². The molecular formula is C7H8BClO2. The molecule has 0 aliphatic heterocycles. The van der Waals surface area contributed by atoms with Crippen molar-refractivity contribution in [3.8, 4) is 0 Å². The molecule has 58 valence electrons. The average Bonchev–Trinajstić information content (AvgIpc) is 1.85. The standard InChI is InChI=1S/C7H8BClO2/c1-5-2-6(8(10)11)4-7(9)3-5/h2-4,10-11H,1H3. The van der Waals surface area contributed by atoms with Gasteiger partial charge in [0.15, 0.2) is 0 Å². The van der Waals surface area contributed by atoms with Crippen molar-refractivity contribution in [2.45, 2.75) is 6.92 Å². The van der Waals surface area contributed by atoms with Crippen molar-refractivity contribution in [3.05, 3.63) is 28.8 Å². The molecule has 0 spiro atoms. The Morgan fingerprint density at radius 2 is 1.91 bits per heavy atom. The van der Waals surface area contributed by atoms with E-state index < -0.39 is 7.12 Å². The number of hydrogen-bond acceptors (Lipinski definition) is 2. The summed E-state index contributed by atoms with van der Waals surface area (Å²) in [5.74, 6) is 0. The van der Waals surface area contributed by atoms with Crippen LogP contribution >= 0.6 is 11.6 Å². The van der Waals surface area contributed by atoms with Gasteiger partial charge < -0.3 is 10.0 Å². The lowest BCUT2D eigenvalue weighted by Gasteiger charge is -2.01. The van der Waals surface area contributed by atoms with Gasteiger partial charge in [0.2, 0.25) is 0 Å². The van der Waals surface area contributed by atoms with E-state index in [9.17, 15) is 0 Å². The van der Waals surface area contributed by atoms with E-state index in [4.69, 9.17) is 21.6 Å². The SMILES string of the molecule is Cc1cc(Cl)cc(B(O)O)c1. The molecule has 0 bridgehead atoms. The fourth-order valence-electron chi connectivity index (χ4n) is 0.914. The number of rotatable bonds is 1. The van der Waals surface area contributed by atoms with Gasteiger partial charge in [-0.05, 0) is 30.1 Å². The normalized spacial score (nSPS) is 9.82. The minimum absolute atomic E-state index is 0.426. The molecule has 11 heavy (non-hydrogen) atoms. The van der Waals surface area contributed by atoms with Crippen LogP contribution in [0.3, 0.4) is 0 Å². The lowest BCUT2D eigenvalue weighted by Crippen LogP contribution is -2.29. The van der Waals surface area contributed by atoms with Crippen LogP contribution in [0.4, 0.5) is 0 Å². The highest BCUT2D eigenvalue weighted by Gasteiger charge is 2.10. The molecule has 0 aliphatic rings. The highest BCUT2D eigenvalue weighted by atomic mass is 35.5. The van der Waals surface area contributed by atoms with Gasteiger partial charge >= 0.3 is 7.12 Å². The molecular weight excluding hydrogens is 162 g/mol. The van der Waals surface area contributed by atoms with Gasteiger partial charge in [0.1, 0.15) is 0 Å². The molecule has 1 aromatic carbocycles. The number of benzene rings is 1. The summed E-state index contributed by atoms with van der Waals surface area (Å²) in [6.07, 6.45) is 0. The molecule has 0 atom stereocenters. The second-order valence-electron chi connectivity index (χ2n) is 2.44. The van der Waals surface area contributed by atoms with Crippen molar-refractivity contribution in [1.82, 2.24) is 0 Å². The van der Waals surface area contributed by atoms with Crippen molar-refractivity contribution in [2.24, 2.45) is 0 Å². The van der Waals surface area contributed by atoms with Crippen LogP contribution in [0.5, 0.6) is 0 Å². The molecule has 1 aromatic rings. The fourth-order valence-corrected chi connectivity index (χ4v) is 1.21. The Balaban J connectivity index is 3.08. The molecule has 2 N–H and O–H groups in total. The Morgan fingerprint density at radius 3 is 2.36 bits per heavy atom. The van der Waals surface area contributed by atoms with Crippen LogP contribution in [0.2, 0.25) is 5.02 Å². The van der Waals surface area contributed by atoms with E-state index in [2.05, 4.69) is 0 Å². The van der Waals surface area contributed by atoms with E-state index in [1.54, 1.807) is 12.1 Å². The molecule has 0 fully saturated rings. The summed E-state index contributed by atoms with van der Waals surface area (Å²) < 4.78 is 0. The summed E-state index contributed by atoms with van der Waals surface area (Å²) in [6, 6.07) is 4.96. The molecule has 0 saturated heterocycles. The van der Waals surface area contributed by atoms with Crippen molar-refractivity contribution in [3.63, 3.8) is 0 Å². The molecule has 1 rings (SSSR count). The first-order valence-corrected chi connectivity index (χ1v) is 3.60. The lowest BCUT2D eigenvalue weighted by atomic mass is 9.80. The summed E-state index contributed by atoms with van der Waals surface area (Å²) in [6.45, 7) is 1.84. The molecule has 0 aliphatic carbocycles. The Kier molecular flexibility index (Phi) is 2.55. The Labute approximate surface area is 70.6 Å². The van der Waals surface area contributed by atoms with E-state index in [0.29, 0.717) is 10.5 Å². The van der Waals surface area contributed by atoms with Gasteiger partial charge in [0, 0.05) is 5.02 Å². The maximum absolute atomic E-state index is 8.77. The lowest BCUT2D eigenvalue weighted by molar-refractivity contribution is 0.425. The molecule has 0 heterocycles. The van der Waals surface area contributed by atoms with Crippen LogP contribution in [0, 0.1) is 6.92 Å². The predicted octanol–water partition coefficient (Wildman–Crippen LogP) is 0.328. The smallest absolute Gasteiger partial charge is 0.423 e. The number of hydrogen-bond donors (Lipinski definition) is 2. The highest BCUT2D eigenvalue weighted by Crippen LogP contribution is 2.07. The van der Waals surface area contributed by atoms with Gasteiger partial charge in [0.05, 0.1) is 0 Å². The number of aryl methyl sites for hydroxylation is 1. The zero-order valence-corrected chi connectivity index (χ0v) is 6.84. The van der Waals surface area contributed by atoms with Crippen LogP contribution in [0.1, 0.15) is 5.56 Å². The maximum Gasteiger partial charge on any atom is 0.488 e. The first-order chi connectivity index (χ1) is 5.09. The Hall–Kier alpha value is -0.505. The van der Waals surface area contributed by atoms with Gasteiger partial charge in [0.25, 0.3) is 0 Å². The van der Waals surface area contributed by atoms with E-state index in [0.717, 1.165) is 5.56 Å². The first kappa shape index (κ1) is 8.59. The molecule has 2 nitrogen and oxygen atoms in total. The van der Waals surface area contributed by atoms with Gasteiger partial charge in [-0.3, -0.25) is 0 Å². The molecule has 0 aromatic heterocycles. The summed E-state index contributed by atoms with van der Waals surface area (Å²) >= 11 is 5.67. The van der Waals surface area contributed by atoms with Crippen molar-refractivity contribution < 1.29 is 10.0 Å². The summed E-state index contributed by atoms with van der Waals surface area (Å²) in [7, 11) is -1.44. The number of halogens is 1. The molecule has 0 unspecified atom stereocenters. The summed E-state index contributed by atoms with van der Waals surface area (Å²) in [5, 5.41) is 18.1. The van der Waals surface area contributed by atoms with Crippen molar-refractivity contribution in [1.29, 1.82) is 0 Å². The van der Waals surface area contributed by atoms with E-state index in [1.165, 1.54) is 6.07 Å². The van der Waals surface area contributed by atoms with Gasteiger partial charge in [-0.2, -0.15) is 0 Å². The Bertz CT molecular complexity index is 242. The van der Waals surface area contributed by atoms with Crippen LogP contribution in [0.15, 0.2) is 18.2 Å². The zero-order valence-electron chi connectivity index (χ0n) is 6.08. The third-order valence-corrected chi connectivity index (χ3v) is 1.58. The highest BCUT2D eigenvalue weighted by molar-refractivity contribution is 6.59. The minimum Gasteiger partial charge on any atom is -0.423 e. The second kappa shape index (κ2) is 3.26. The van der Waals surface area contributed by atoms with Crippen LogP contribution in [-0.2, 0) is 0 Å². The maximum atomic E-state index is 8.77. The van der Waals surface area contributed by atoms with E-state index in [-0.39, 0.29) is 0 Å². The van der Waals surface area contributed by atoms with Gasteiger partial charge in [-0.25, -0.2) is 0 Å². The Morgan fingerprint density at radius 1 is 1.27 bits per heavy atom. The minimum atomic E-state index is -1.44. The van der Waals surface area contributed by atoms with Crippen LogP contribution in [-0.4, -0.2) is 17.2 Å². The topological polar surface area (TPSA) is 40.5 Å². The van der Waals surface area contributed by atoms with Crippen LogP contribution < -0.4 is 5.46 Å². The van der Waals surface area contributed by atoms with E-state index in [1.807, 2.05) is 6.92 Å². The predicted molar refractivity (Wildman–Crippen MR) is 46.0 cm³/mol. The monoisotopic (exact) mass is 170 g/mol. The summed E-state index contributed by atoms with van der Waals surface area (Å²) in [5.41, 5.74) is 1.34. The first-order valence-electron chi connectivity index (χ1n) is 3.23. The van der Waals surface area contributed by atoms with Crippen LogP contribution in [0.25, 0.3) is 0 Å². The fraction of sp³-hybridized carbons (Fsp3) is 0.143. The molecule has 4 heteroatoms. The van der Waals surface area contributed by atoms with Crippen molar-refractivity contribution in [2.75, 3.05) is 0 Å². The van der Waals surface area contributed by atoms with Gasteiger partial charge in [-0.15, -0.1) is 0 Å². The average molecular weight is 170 g/mol. The zero-order chi connectivity index (χ0) is 8.43. The third-order valence-electron chi connectivity index (χ3n) is 1.36. The molecule has 0 amide bonds. The second-order valence-corrected chi connectivity index (χ2v) is 2.87. The molecule has 0 radical (unpaired) electrons. The quantitative estimate of drug-likeness (QED) is 0.596. The van der Waals surface area contributed by atoms with Gasteiger partial charge in [-0.1, -0.05) is 17.7 Å². The summed E-state index contributed by atoms with van der Waals surface area (Å²) in [4.78, 5) is 0. The largest absolute Gasteiger partial charge is 0.488 e. The molecule has 0 saturated carbocycles.